The quantitative estimate of drug-likeness (QED) is 0.646. The molecule has 4 heteroatoms. The molecule has 0 radical (unpaired) electrons. The summed E-state index contributed by atoms with van der Waals surface area (Å²) in [5.41, 5.74) is 1.15. The summed E-state index contributed by atoms with van der Waals surface area (Å²) in [5, 5.41) is 3.01. The lowest BCUT2D eigenvalue weighted by Gasteiger charge is -2.23. The van der Waals surface area contributed by atoms with E-state index in [-0.39, 0.29) is 11.8 Å². The van der Waals surface area contributed by atoms with Crippen LogP contribution in [-0.2, 0) is 11.4 Å². The summed E-state index contributed by atoms with van der Waals surface area (Å²) >= 11 is 0. The highest BCUT2D eigenvalue weighted by Crippen LogP contribution is 2.26. The lowest BCUT2D eigenvalue weighted by atomic mass is 9.85. The molecule has 4 nitrogen and oxygen atoms in total. The smallest absolute Gasteiger partial charge is 0.223 e. The van der Waals surface area contributed by atoms with Gasteiger partial charge in [0.1, 0.15) is 18.1 Å². The normalized spacial score (nSPS) is 13.7. The van der Waals surface area contributed by atoms with E-state index in [9.17, 15) is 4.79 Å². The number of carbonyl (C=O) groups excluding carboxylic acids is 1. The van der Waals surface area contributed by atoms with Crippen LogP contribution in [0, 0.1) is 5.92 Å². The largest absolute Gasteiger partial charge is 0.494 e. The Labute approximate surface area is 155 Å². The maximum absolute atomic E-state index is 11.7. The van der Waals surface area contributed by atoms with E-state index in [1.165, 1.54) is 6.42 Å². The van der Waals surface area contributed by atoms with Gasteiger partial charge in [0.2, 0.25) is 5.91 Å². The Morgan fingerprint density at radius 2 is 1.62 bits per heavy atom. The van der Waals surface area contributed by atoms with Crippen LogP contribution in [0.4, 0.5) is 0 Å². The van der Waals surface area contributed by atoms with Crippen LogP contribution in [0.3, 0.4) is 0 Å². The number of carbonyl (C=O) groups is 1. The zero-order chi connectivity index (χ0) is 18.0. The van der Waals surface area contributed by atoms with Crippen molar-refractivity contribution in [2.24, 2.45) is 5.92 Å². The summed E-state index contributed by atoms with van der Waals surface area (Å²) in [5.74, 6) is 2.17. The Balaban J connectivity index is 1.27. The van der Waals surface area contributed by atoms with Gasteiger partial charge in [-0.25, -0.2) is 0 Å². The first kappa shape index (κ1) is 18.3. The van der Waals surface area contributed by atoms with Crippen molar-refractivity contribution in [3.05, 3.63) is 60.2 Å². The van der Waals surface area contributed by atoms with E-state index < -0.39 is 0 Å². The van der Waals surface area contributed by atoms with Gasteiger partial charge in [0.25, 0.3) is 0 Å². The maximum Gasteiger partial charge on any atom is 0.223 e. The molecule has 0 spiro atoms. The first-order valence-electron chi connectivity index (χ1n) is 9.48. The van der Waals surface area contributed by atoms with E-state index in [4.69, 9.17) is 9.47 Å². The molecule has 0 atom stereocenters. The topological polar surface area (TPSA) is 47.6 Å². The fourth-order valence-corrected chi connectivity index (χ4v) is 2.82. The Morgan fingerprint density at radius 1 is 0.923 bits per heavy atom. The number of hydrogen-bond donors (Lipinski definition) is 1. The molecule has 1 amide bonds. The minimum absolute atomic E-state index is 0.225. The first-order valence-corrected chi connectivity index (χ1v) is 9.48. The molecule has 0 saturated heterocycles. The van der Waals surface area contributed by atoms with Gasteiger partial charge in [0, 0.05) is 12.5 Å². The Morgan fingerprint density at radius 3 is 2.27 bits per heavy atom. The zero-order valence-electron chi connectivity index (χ0n) is 15.2. The molecule has 1 fully saturated rings. The molecular formula is C22H27NO3. The van der Waals surface area contributed by atoms with Crippen LogP contribution in [0.25, 0.3) is 0 Å². The lowest BCUT2D eigenvalue weighted by Crippen LogP contribution is -2.35. The van der Waals surface area contributed by atoms with E-state index in [0.29, 0.717) is 13.2 Å². The second kappa shape index (κ2) is 9.85. The number of nitrogens with one attached hydrogen (secondary N) is 1. The average Bonchev–Trinajstić information content (AvgIpc) is 2.63. The van der Waals surface area contributed by atoms with Crippen molar-refractivity contribution in [3.8, 4) is 11.5 Å². The van der Waals surface area contributed by atoms with Gasteiger partial charge in [-0.3, -0.25) is 4.79 Å². The molecule has 1 aliphatic rings. The molecule has 1 aliphatic carbocycles. The number of unbranched alkanes of at least 4 members (excludes halogenated alkanes) is 1. The van der Waals surface area contributed by atoms with Crippen molar-refractivity contribution in [3.63, 3.8) is 0 Å². The molecule has 2 aromatic rings. The highest BCUT2D eigenvalue weighted by atomic mass is 16.5. The van der Waals surface area contributed by atoms with Crippen molar-refractivity contribution in [1.82, 2.24) is 5.32 Å². The fourth-order valence-electron chi connectivity index (χ4n) is 2.82. The van der Waals surface area contributed by atoms with Crippen LogP contribution < -0.4 is 14.8 Å². The molecule has 26 heavy (non-hydrogen) atoms. The van der Waals surface area contributed by atoms with Crippen molar-refractivity contribution in [2.75, 3.05) is 13.2 Å². The van der Waals surface area contributed by atoms with E-state index in [1.54, 1.807) is 0 Å². The highest BCUT2D eigenvalue weighted by Gasteiger charge is 2.24. The third kappa shape index (κ3) is 5.80. The zero-order valence-corrected chi connectivity index (χ0v) is 15.2. The molecule has 0 bridgehead atoms. The summed E-state index contributed by atoms with van der Waals surface area (Å²) in [6.45, 7) is 1.96. The molecule has 0 heterocycles. The number of rotatable bonds is 10. The number of hydrogen-bond acceptors (Lipinski definition) is 3. The first-order chi connectivity index (χ1) is 12.8. The Kier molecular flexibility index (Phi) is 6.94. The predicted molar refractivity (Wildman–Crippen MR) is 102 cm³/mol. The van der Waals surface area contributed by atoms with E-state index in [0.717, 1.165) is 49.3 Å². The number of benzene rings is 2. The van der Waals surface area contributed by atoms with Gasteiger partial charge < -0.3 is 14.8 Å². The van der Waals surface area contributed by atoms with Crippen LogP contribution >= 0.6 is 0 Å². The standard InChI is InChI=1S/C22H27NO3/c24-22(19-9-6-10-19)23-15-4-5-16-25-20-11-13-21(14-12-20)26-17-18-7-2-1-3-8-18/h1-3,7-8,11-14,19H,4-6,9-10,15-17H2,(H,23,24). The monoisotopic (exact) mass is 353 g/mol. The summed E-state index contributed by atoms with van der Waals surface area (Å²) in [6, 6.07) is 17.8. The SMILES string of the molecule is O=C(NCCCCOc1ccc(OCc2ccccc2)cc1)C1CCC1. The van der Waals surface area contributed by atoms with Gasteiger partial charge in [0.15, 0.2) is 0 Å². The fraction of sp³-hybridized carbons (Fsp3) is 0.409. The molecule has 2 aromatic carbocycles. The van der Waals surface area contributed by atoms with Crippen LogP contribution in [0.5, 0.6) is 11.5 Å². The predicted octanol–water partition coefficient (Wildman–Crippen LogP) is 4.34. The van der Waals surface area contributed by atoms with Gasteiger partial charge in [0.05, 0.1) is 6.61 Å². The van der Waals surface area contributed by atoms with E-state index in [2.05, 4.69) is 5.32 Å². The average molecular weight is 353 g/mol. The molecule has 1 saturated carbocycles. The van der Waals surface area contributed by atoms with Crippen molar-refractivity contribution < 1.29 is 14.3 Å². The van der Waals surface area contributed by atoms with E-state index in [1.807, 2.05) is 54.6 Å². The molecule has 0 aromatic heterocycles. The van der Waals surface area contributed by atoms with Crippen molar-refractivity contribution in [2.45, 2.75) is 38.7 Å². The van der Waals surface area contributed by atoms with Gasteiger partial charge in [-0.1, -0.05) is 36.8 Å². The van der Waals surface area contributed by atoms with Crippen molar-refractivity contribution in [1.29, 1.82) is 0 Å². The number of ether oxygens (including phenoxy) is 2. The van der Waals surface area contributed by atoms with Gasteiger partial charge in [-0.2, -0.15) is 0 Å². The lowest BCUT2D eigenvalue weighted by molar-refractivity contribution is -0.127. The summed E-state index contributed by atoms with van der Waals surface area (Å²) in [4.78, 5) is 11.7. The van der Waals surface area contributed by atoms with Gasteiger partial charge in [-0.05, 0) is 55.5 Å². The summed E-state index contributed by atoms with van der Waals surface area (Å²) < 4.78 is 11.5. The van der Waals surface area contributed by atoms with Crippen molar-refractivity contribution >= 4 is 5.91 Å². The third-order valence-corrected chi connectivity index (χ3v) is 4.69. The van der Waals surface area contributed by atoms with Gasteiger partial charge in [-0.15, -0.1) is 0 Å². The van der Waals surface area contributed by atoms with Crippen LogP contribution in [0.2, 0.25) is 0 Å². The molecule has 0 unspecified atom stereocenters. The molecular weight excluding hydrogens is 326 g/mol. The molecule has 1 N–H and O–H groups in total. The Hall–Kier alpha value is -2.49. The minimum atomic E-state index is 0.225. The van der Waals surface area contributed by atoms with Crippen LogP contribution in [0.1, 0.15) is 37.7 Å². The second-order valence-electron chi connectivity index (χ2n) is 6.72. The van der Waals surface area contributed by atoms with Crippen LogP contribution in [-0.4, -0.2) is 19.1 Å². The number of amides is 1. The maximum atomic E-state index is 11.7. The Bertz CT molecular complexity index is 666. The molecule has 0 aliphatic heterocycles. The molecule has 138 valence electrons. The molecule has 3 rings (SSSR count). The van der Waals surface area contributed by atoms with Gasteiger partial charge >= 0.3 is 0 Å². The summed E-state index contributed by atoms with van der Waals surface area (Å²) in [7, 11) is 0. The third-order valence-electron chi connectivity index (χ3n) is 4.69. The minimum Gasteiger partial charge on any atom is -0.494 e. The highest BCUT2D eigenvalue weighted by molar-refractivity contribution is 5.79. The van der Waals surface area contributed by atoms with E-state index >= 15 is 0 Å². The second-order valence-corrected chi connectivity index (χ2v) is 6.72. The van der Waals surface area contributed by atoms with Crippen LogP contribution in [0.15, 0.2) is 54.6 Å². The summed E-state index contributed by atoms with van der Waals surface area (Å²) in [6.07, 6.45) is 5.18.